The molecule has 3 rings (SSSR count). The van der Waals surface area contributed by atoms with Gasteiger partial charge in [0.25, 0.3) is 5.91 Å². The molecule has 2 aliphatic rings. The molecule has 0 unspecified atom stereocenters. The number of ether oxygens (including phenoxy) is 1. The lowest BCUT2D eigenvalue weighted by Gasteiger charge is -2.48. The maximum absolute atomic E-state index is 12.5. The number of hydrogen-bond donors (Lipinski definition) is 2. The molecule has 2 heterocycles. The Hall–Kier alpha value is -1.92. The predicted octanol–water partition coefficient (Wildman–Crippen LogP) is 2.15. The molecule has 1 aromatic rings. The number of hydrogen-bond acceptors (Lipinski definition) is 4. The Morgan fingerprint density at radius 3 is 2.48 bits per heavy atom. The van der Waals surface area contributed by atoms with E-state index >= 15 is 0 Å². The van der Waals surface area contributed by atoms with Crippen LogP contribution < -0.4 is 5.32 Å². The number of rotatable bonds is 5. The number of amides is 1. The first kappa shape index (κ1) is 17.9. The van der Waals surface area contributed by atoms with Gasteiger partial charge < -0.3 is 15.2 Å². The fourth-order valence-corrected chi connectivity index (χ4v) is 3.86. The number of likely N-dealkylation sites (tertiary alicyclic amines) is 1. The van der Waals surface area contributed by atoms with E-state index in [-0.39, 0.29) is 17.0 Å². The maximum atomic E-state index is 12.5. The second-order valence-corrected chi connectivity index (χ2v) is 6.95. The molecule has 2 saturated heterocycles. The van der Waals surface area contributed by atoms with Crippen molar-refractivity contribution in [2.24, 2.45) is 0 Å². The fourth-order valence-electron chi connectivity index (χ4n) is 3.86. The van der Waals surface area contributed by atoms with Crippen LogP contribution in [0.25, 0.3) is 0 Å². The molecule has 136 valence electrons. The van der Waals surface area contributed by atoms with Gasteiger partial charge in [-0.15, -0.1) is 0 Å². The molecule has 0 spiro atoms. The van der Waals surface area contributed by atoms with E-state index in [4.69, 9.17) is 9.84 Å². The van der Waals surface area contributed by atoms with Crippen LogP contribution in [0.2, 0.25) is 0 Å². The first-order valence-corrected chi connectivity index (χ1v) is 9.05. The Bertz CT molecular complexity index is 620. The van der Waals surface area contributed by atoms with Crippen LogP contribution in [-0.2, 0) is 4.74 Å². The van der Waals surface area contributed by atoms with E-state index in [2.05, 4.69) is 10.2 Å². The number of carbonyl (C=O) groups excluding carboxylic acids is 1. The Labute approximate surface area is 148 Å². The van der Waals surface area contributed by atoms with Gasteiger partial charge in [-0.2, -0.15) is 0 Å². The van der Waals surface area contributed by atoms with E-state index in [1.807, 2.05) is 0 Å². The average Bonchev–Trinajstić information content (AvgIpc) is 2.67. The standard InChI is InChI=1S/C19H26N2O4/c22-17(15-5-4-6-16(13-15)18(23)24)20-14-19(7-11-25-12-8-19)21-9-2-1-3-10-21/h4-6,13H,1-3,7-12,14H2,(H,20,22)(H,23,24). The highest BCUT2D eigenvalue weighted by atomic mass is 16.5. The van der Waals surface area contributed by atoms with Crippen LogP contribution in [0.3, 0.4) is 0 Å². The first-order valence-electron chi connectivity index (χ1n) is 9.05. The average molecular weight is 346 g/mol. The Morgan fingerprint density at radius 1 is 1.12 bits per heavy atom. The van der Waals surface area contributed by atoms with Crippen molar-refractivity contribution in [3.05, 3.63) is 35.4 Å². The number of carbonyl (C=O) groups is 2. The van der Waals surface area contributed by atoms with Crippen LogP contribution in [0.4, 0.5) is 0 Å². The van der Waals surface area contributed by atoms with Crippen LogP contribution >= 0.6 is 0 Å². The molecule has 1 amide bonds. The van der Waals surface area contributed by atoms with Gasteiger partial charge in [0.1, 0.15) is 0 Å². The number of aromatic carboxylic acids is 1. The van der Waals surface area contributed by atoms with E-state index in [0.717, 1.165) is 39.1 Å². The lowest BCUT2D eigenvalue weighted by Crippen LogP contribution is -2.59. The van der Waals surface area contributed by atoms with Crippen molar-refractivity contribution in [3.8, 4) is 0 Å². The van der Waals surface area contributed by atoms with Gasteiger partial charge in [-0.25, -0.2) is 4.79 Å². The number of nitrogens with one attached hydrogen (secondary N) is 1. The number of carboxylic acids is 1. The van der Waals surface area contributed by atoms with Crippen LogP contribution in [-0.4, -0.2) is 60.3 Å². The van der Waals surface area contributed by atoms with Crippen molar-refractivity contribution in [2.45, 2.75) is 37.6 Å². The summed E-state index contributed by atoms with van der Waals surface area (Å²) in [5.41, 5.74) is 0.476. The summed E-state index contributed by atoms with van der Waals surface area (Å²) in [5, 5.41) is 12.1. The molecular formula is C19H26N2O4. The summed E-state index contributed by atoms with van der Waals surface area (Å²) in [6.45, 7) is 4.17. The summed E-state index contributed by atoms with van der Waals surface area (Å²) in [6.07, 6.45) is 5.52. The highest BCUT2D eigenvalue weighted by molar-refractivity contribution is 5.97. The van der Waals surface area contributed by atoms with Crippen LogP contribution in [0, 0.1) is 0 Å². The quantitative estimate of drug-likeness (QED) is 0.854. The molecule has 0 bridgehead atoms. The zero-order chi connectivity index (χ0) is 17.7. The van der Waals surface area contributed by atoms with Gasteiger partial charge in [0, 0.05) is 30.9 Å². The minimum atomic E-state index is -1.02. The zero-order valence-electron chi connectivity index (χ0n) is 14.5. The molecule has 2 N–H and O–H groups in total. The highest BCUT2D eigenvalue weighted by Crippen LogP contribution is 2.30. The predicted molar refractivity (Wildman–Crippen MR) is 93.9 cm³/mol. The summed E-state index contributed by atoms with van der Waals surface area (Å²) in [4.78, 5) is 26.1. The van der Waals surface area contributed by atoms with E-state index in [1.165, 1.54) is 31.4 Å². The topological polar surface area (TPSA) is 78.9 Å². The summed E-state index contributed by atoms with van der Waals surface area (Å²) < 4.78 is 5.54. The monoisotopic (exact) mass is 346 g/mol. The molecule has 6 heteroatoms. The third kappa shape index (κ3) is 4.19. The third-order valence-corrected chi connectivity index (χ3v) is 5.40. The molecular weight excluding hydrogens is 320 g/mol. The van der Waals surface area contributed by atoms with E-state index in [1.54, 1.807) is 12.1 Å². The molecule has 0 saturated carbocycles. The van der Waals surface area contributed by atoms with Crippen LogP contribution in [0.15, 0.2) is 24.3 Å². The Morgan fingerprint density at radius 2 is 1.80 bits per heavy atom. The molecule has 6 nitrogen and oxygen atoms in total. The van der Waals surface area contributed by atoms with Crippen LogP contribution in [0.1, 0.15) is 52.8 Å². The van der Waals surface area contributed by atoms with E-state index < -0.39 is 5.97 Å². The summed E-state index contributed by atoms with van der Waals surface area (Å²) >= 11 is 0. The Kier molecular flexibility index (Phi) is 5.71. The SMILES string of the molecule is O=C(O)c1cccc(C(=O)NCC2(N3CCCCC3)CCOCC2)c1. The second kappa shape index (κ2) is 7.97. The van der Waals surface area contributed by atoms with E-state index in [9.17, 15) is 9.59 Å². The molecule has 1 aromatic carbocycles. The molecule has 0 radical (unpaired) electrons. The van der Waals surface area contributed by atoms with Gasteiger partial charge in [0.05, 0.1) is 5.56 Å². The van der Waals surface area contributed by atoms with Crippen molar-refractivity contribution < 1.29 is 19.4 Å². The van der Waals surface area contributed by atoms with Crippen molar-refractivity contribution in [3.63, 3.8) is 0 Å². The third-order valence-electron chi connectivity index (χ3n) is 5.40. The summed E-state index contributed by atoms with van der Waals surface area (Å²) in [7, 11) is 0. The largest absolute Gasteiger partial charge is 0.478 e. The van der Waals surface area contributed by atoms with Gasteiger partial charge >= 0.3 is 5.97 Å². The normalized spacial score (nSPS) is 20.8. The second-order valence-electron chi connectivity index (χ2n) is 6.95. The van der Waals surface area contributed by atoms with Gasteiger partial charge in [-0.3, -0.25) is 9.69 Å². The van der Waals surface area contributed by atoms with Crippen molar-refractivity contribution in [2.75, 3.05) is 32.8 Å². The van der Waals surface area contributed by atoms with Crippen molar-refractivity contribution in [1.29, 1.82) is 0 Å². The van der Waals surface area contributed by atoms with E-state index in [0.29, 0.717) is 12.1 Å². The fraction of sp³-hybridized carbons (Fsp3) is 0.579. The zero-order valence-corrected chi connectivity index (χ0v) is 14.5. The first-order chi connectivity index (χ1) is 12.1. The van der Waals surface area contributed by atoms with Crippen molar-refractivity contribution in [1.82, 2.24) is 10.2 Å². The lowest BCUT2D eigenvalue weighted by molar-refractivity contribution is -0.0349. The number of benzene rings is 1. The minimum absolute atomic E-state index is 0.0429. The molecule has 2 aliphatic heterocycles. The maximum Gasteiger partial charge on any atom is 0.335 e. The lowest BCUT2D eigenvalue weighted by atomic mass is 9.86. The number of nitrogens with zero attached hydrogens (tertiary/aromatic N) is 1. The van der Waals surface area contributed by atoms with Gasteiger partial charge in [0.2, 0.25) is 0 Å². The highest BCUT2D eigenvalue weighted by Gasteiger charge is 2.39. The smallest absolute Gasteiger partial charge is 0.335 e. The molecule has 2 fully saturated rings. The summed E-state index contributed by atoms with van der Waals surface area (Å²) in [5.74, 6) is -1.24. The van der Waals surface area contributed by atoms with Gasteiger partial charge in [-0.05, 0) is 57.0 Å². The Balaban J connectivity index is 1.69. The molecule has 25 heavy (non-hydrogen) atoms. The van der Waals surface area contributed by atoms with Gasteiger partial charge in [-0.1, -0.05) is 12.5 Å². The van der Waals surface area contributed by atoms with Crippen molar-refractivity contribution >= 4 is 11.9 Å². The summed E-state index contributed by atoms with van der Waals surface area (Å²) in [6, 6.07) is 6.18. The number of carboxylic acid groups (broad SMARTS) is 1. The molecule has 0 aromatic heterocycles. The molecule has 0 aliphatic carbocycles. The molecule has 0 atom stereocenters. The van der Waals surface area contributed by atoms with Gasteiger partial charge in [0.15, 0.2) is 0 Å². The minimum Gasteiger partial charge on any atom is -0.478 e. The van der Waals surface area contributed by atoms with Crippen LogP contribution in [0.5, 0.6) is 0 Å². The number of piperidine rings is 1.